The van der Waals surface area contributed by atoms with Crippen molar-refractivity contribution >= 4 is 39.9 Å². The van der Waals surface area contributed by atoms with Crippen LogP contribution in [-0.4, -0.2) is 33.9 Å². The van der Waals surface area contributed by atoms with Gasteiger partial charge in [-0.05, 0) is 19.4 Å². The first-order chi connectivity index (χ1) is 13.7. The van der Waals surface area contributed by atoms with Gasteiger partial charge in [-0.25, -0.2) is 4.98 Å². The molecule has 0 saturated heterocycles. The van der Waals surface area contributed by atoms with Gasteiger partial charge >= 0.3 is 11.9 Å². The number of ether oxygens (including phenoxy) is 3. The number of aliphatic carboxylic acids is 1. The van der Waals surface area contributed by atoms with Crippen LogP contribution < -0.4 is 5.32 Å². The Kier molecular flexibility index (Phi) is 6.29. The van der Waals surface area contributed by atoms with Crippen LogP contribution in [0, 0.1) is 0 Å². The summed E-state index contributed by atoms with van der Waals surface area (Å²) in [7, 11) is 0. The third kappa shape index (κ3) is 5.61. The van der Waals surface area contributed by atoms with Gasteiger partial charge in [0.05, 0.1) is 12.1 Å². The number of carboxylic acids is 1. The van der Waals surface area contributed by atoms with Gasteiger partial charge in [-0.15, -0.1) is 0 Å². The van der Waals surface area contributed by atoms with Gasteiger partial charge in [-0.3, -0.25) is 14.9 Å². The van der Waals surface area contributed by atoms with Crippen LogP contribution in [0.25, 0.3) is 0 Å². The average molecular weight is 439 g/mol. The summed E-state index contributed by atoms with van der Waals surface area (Å²) in [6.45, 7) is 3.12. The molecule has 1 atom stereocenters. The van der Waals surface area contributed by atoms with E-state index < -0.39 is 23.8 Å². The minimum atomic E-state index is -1.30. The van der Waals surface area contributed by atoms with Crippen LogP contribution in [-0.2, 0) is 36.6 Å². The highest BCUT2D eigenvalue weighted by Crippen LogP contribution is 2.30. The van der Waals surface area contributed by atoms with Gasteiger partial charge < -0.3 is 19.3 Å². The molecule has 2 N–H and O–H groups in total. The van der Waals surface area contributed by atoms with Crippen molar-refractivity contribution in [3.05, 3.63) is 58.1 Å². The number of thiazole rings is 1. The van der Waals surface area contributed by atoms with Crippen molar-refractivity contribution in [2.75, 3.05) is 5.32 Å². The molecule has 0 bridgehead atoms. The summed E-state index contributed by atoms with van der Waals surface area (Å²) in [6.07, 6.45) is 0.989. The normalized spacial score (nSPS) is 15.8. The van der Waals surface area contributed by atoms with Crippen molar-refractivity contribution in [2.24, 2.45) is 0 Å². The number of amides is 1. The Labute approximate surface area is 176 Å². The summed E-state index contributed by atoms with van der Waals surface area (Å²) in [5, 5.41) is 11.6. The van der Waals surface area contributed by atoms with Crippen molar-refractivity contribution in [3.63, 3.8) is 0 Å². The van der Waals surface area contributed by atoms with E-state index in [4.69, 9.17) is 30.9 Å². The molecule has 0 radical (unpaired) electrons. The van der Waals surface area contributed by atoms with Crippen molar-refractivity contribution in [3.8, 4) is 0 Å². The molecule has 1 unspecified atom stereocenters. The van der Waals surface area contributed by atoms with Crippen LogP contribution in [0.3, 0.4) is 0 Å². The lowest BCUT2D eigenvalue weighted by Gasteiger charge is -2.24. The number of nitrogens with zero attached hydrogens (tertiary/aromatic N) is 1. The molecule has 3 rings (SSSR count). The second-order valence-corrected chi connectivity index (χ2v) is 8.29. The summed E-state index contributed by atoms with van der Waals surface area (Å²) in [6, 6.07) is 9.69. The van der Waals surface area contributed by atoms with Crippen molar-refractivity contribution in [1.29, 1.82) is 0 Å². The molecule has 1 aromatic carbocycles. The molecule has 29 heavy (non-hydrogen) atoms. The van der Waals surface area contributed by atoms with E-state index in [9.17, 15) is 9.59 Å². The maximum Gasteiger partial charge on any atom is 0.319 e. The van der Waals surface area contributed by atoms with Gasteiger partial charge in [-0.1, -0.05) is 53.3 Å². The second kappa shape index (κ2) is 8.71. The predicted octanol–water partition coefficient (Wildman–Crippen LogP) is 3.57. The van der Waals surface area contributed by atoms with Crippen LogP contribution in [0.4, 0.5) is 5.13 Å². The van der Waals surface area contributed by atoms with Crippen LogP contribution in [0.15, 0.2) is 42.5 Å². The molecule has 1 aromatic heterocycles. The summed E-state index contributed by atoms with van der Waals surface area (Å²) in [5.74, 6) is -1.47. The molecular formula is C19H19ClN2O6S. The number of benzene rings is 1. The Bertz CT molecular complexity index is 928. The summed E-state index contributed by atoms with van der Waals surface area (Å²) in [4.78, 5) is 27.4. The smallest absolute Gasteiger partial charge is 0.319 e. The van der Waals surface area contributed by atoms with Crippen LogP contribution >= 0.6 is 22.9 Å². The fourth-order valence-electron chi connectivity index (χ4n) is 2.45. The number of carbonyl (C=O) groups excluding carboxylic acids is 1. The number of hydrogen-bond donors (Lipinski definition) is 2. The Morgan fingerprint density at radius 3 is 2.76 bits per heavy atom. The number of halogens is 1. The Hall–Kier alpha value is -2.78. The van der Waals surface area contributed by atoms with Crippen molar-refractivity contribution < 1.29 is 28.9 Å². The quantitative estimate of drug-likeness (QED) is 0.648. The minimum absolute atomic E-state index is 0.0924. The zero-order valence-corrected chi connectivity index (χ0v) is 17.2. The third-order valence-electron chi connectivity index (χ3n) is 3.90. The highest BCUT2D eigenvalue weighted by molar-refractivity contribution is 7.19. The number of nitrogens with one attached hydrogen (secondary N) is 1. The van der Waals surface area contributed by atoms with E-state index in [1.807, 2.05) is 30.3 Å². The fraction of sp³-hybridized carbons (Fsp3) is 0.316. The number of carbonyl (C=O) groups is 2. The number of hydrogen-bond acceptors (Lipinski definition) is 7. The van der Waals surface area contributed by atoms with Gasteiger partial charge in [0.25, 0.3) is 5.91 Å². The Balaban J connectivity index is 1.55. The minimum Gasteiger partial charge on any atom is -0.481 e. The maximum absolute atomic E-state index is 12.6. The van der Waals surface area contributed by atoms with E-state index >= 15 is 0 Å². The first-order valence-corrected chi connectivity index (χ1v) is 9.86. The Morgan fingerprint density at radius 1 is 1.34 bits per heavy atom. The zero-order chi connectivity index (χ0) is 21.0. The number of aromatic nitrogens is 1. The van der Waals surface area contributed by atoms with E-state index in [1.165, 1.54) is 6.26 Å². The van der Waals surface area contributed by atoms with Gasteiger partial charge in [0.1, 0.15) is 4.34 Å². The summed E-state index contributed by atoms with van der Waals surface area (Å²) >= 11 is 6.95. The maximum atomic E-state index is 12.6. The third-order valence-corrected chi connectivity index (χ3v) is 5.15. The zero-order valence-electron chi connectivity index (χ0n) is 15.7. The molecule has 1 aliphatic rings. The topological polar surface area (TPSA) is 107 Å². The van der Waals surface area contributed by atoms with Gasteiger partial charge in [-0.2, -0.15) is 0 Å². The summed E-state index contributed by atoms with van der Waals surface area (Å²) < 4.78 is 16.9. The molecule has 1 aliphatic heterocycles. The SMILES string of the molecule is CC(C)(OC1=COC(Cc2ccccc2)O1)C(=O)Nc1nc(CC(=O)O)c(Cl)s1. The molecule has 0 spiro atoms. The highest BCUT2D eigenvalue weighted by atomic mass is 35.5. The largest absolute Gasteiger partial charge is 0.481 e. The van der Waals surface area contributed by atoms with Crippen molar-refractivity contribution in [2.45, 2.75) is 38.6 Å². The predicted molar refractivity (Wildman–Crippen MR) is 106 cm³/mol. The molecule has 2 heterocycles. The number of carboxylic acid groups (broad SMARTS) is 1. The molecule has 0 fully saturated rings. The first-order valence-electron chi connectivity index (χ1n) is 8.66. The molecule has 0 saturated carbocycles. The second-order valence-electron chi connectivity index (χ2n) is 6.69. The standard InChI is InChI=1S/C19H19ClN2O6S/c1-19(2,17(25)22-18-21-12(9-13(23)24)16(20)29-18)28-15-10-26-14(27-15)8-11-6-4-3-5-7-11/h3-7,10,14H,8-9H2,1-2H3,(H,23,24)(H,21,22,25). The Morgan fingerprint density at radius 2 is 2.07 bits per heavy atom. The highest BCUT2D eigenvalue weighted by Gasteiger charge is 2.35. The molecule has 8 nitrogen and oxygen atoms in total. The van der Waals surface area contributed by atoms with Gasteiger partial charge in [0.2, 0.25) is 6.29 Å². The van der Waals surface area contributed by atoms with E-state index in [2.05, 4.69) is 10.3 Å². The lowest BCUT2D eigenvalue weighted by molar-refractivity contribution is -0.144. The molecular weight excluding hydrogens is 420 g/mol. The van der Waals surface area contributed by atoms with Crippen LogP contribution in [0.2, 0.25) is 4.34 Å². The lowest BCUT2D eigenvalue weighted by Crippen LogP contribution is -2.39. The van der Waals surface area contributed by atoms with E-state index in [0.717, 1.165) is 16.9 Å². The van der Waals surface area contributed by atoms with E-state index in [1.54, 1.807) is 13.8 Å². The fourth-order valence-corrected chi connectivity index (χ4v) is 3.48. The molecule has 10 heteroatoms. The van der Waals surface area contributed by atoms with Crippen LogP contribution in [0.1, 0.15) is 25.1 Å². The molecule has 0 aliphatic carbocycles. The lowest BCUT2D eigenvalue weighted by atomic mass is 10.1. The number of anilines is 1. The average Bonchev–Trinajstić information content (AvgIpc) is 3.21. The number of rotatable bonds is 8. The van der Waals surface area contributed by atoms with Crippen molar-refractivity contribution in [1.82, 2.24) is 4.98 Å². The van der Waals surface area contributed by atoms with E-state index in [0.29, 0.717) is 6.42 Å². The monoisotopic (exact) mass is 438 g/mol. The molecule has 2 aromatic rings. The van der Waals surface area contributed by atoms with Crippen LogP contribution in [0.5, 0.6) is 0 Å². The molecule has 154 valence electrons. The van der Waals surface area contributed by atoms with E-state index in [-0.39, 0.29) is 27.5 Å². The first kappa shape index (κ1) is 20.9. The van der Waals surface area contributed by atoms with Gasteiger partial charge in [0.15, 0.2) is 17.0 Å². The van der Waals surface area contributed by atoms with Gasteiger partial charge in [0, 0.05) is 6.42 Å². The molecule has 1 amide bonds. The summed E-state index contributed by atoms with van der Waals surface area (Å²) in [5.41, 5.74) is -0.0683.